The van der Waals surface area contributed by atoms with E-state index in [4.69, 9.17) is 10.5 Å². The molecule has 1 heterocycles. The van der Waals surface area contributed by atoms with Gasteiger partial charge in [-0.3, -0.25) is 0 Å². The lowest BCUT2D eigenvalue weighted by Crippen LogP contribution is -2.34. The summed E-state index contributed by atoms with van der Waals surface area (Å²) >= 11 is 0. The van der Waals surface area contributed by atoms with Crippen LogP contribution in [-0.2, 0) is 0 Å². The number of aryl methyl sites for hydroxylation is 2. The molecule has 26 heavy (non-hydrogen) atoms. The molecule has 1 unspecified atom stereocenters. The van der Waals surface area contributed by atoms with E-state index in [2.05, 4.69) is 44.0 Å². The Balaban J connectivity index is 0.00000169. The minimum absolute atomic E-state index is 0. The van der Waals surface area contributed by atoms with Crippen molar-refractivity contribution in [2.24, 2.45) is 5.92 Å². The van der Waals surface area contributed by atoms with E-state index in [9.17, 15) is 0 Å². The van der Waals surface area contributed by atoms with Crippen LogP contribution in [0.15, 0.2) is 36.4 Å². The van der Waals surface area contributed by atoms with Gasteiger partial charge < -0.3 is 15.4 Å². The lowest BCUT2D eigenvalue weighted by Gasteiger charge is -2.29. The number of nitrogens with zero attached hydrogens (tertiary/aromatic N) is 1. The molecule has 0 bridgehead atoms. The van der Waals surface area contributed by atoms with E-state index in [-0.39, 0.29) is 24.8 Å². The molecular formula is C21H30Cl2N2O. The molecule has 1 fully saturated rings. The van der Waals surface area contributed by atoms with Crippen LogP contribution >= 0.6 is 24.8 Å². The van der Waals surface area contributed by atoms with Crippen molar-refractivity contribution in [1.29, 1.82) is 0 Å². The molecule has 1 aliphatic rings. The van der Waals surface area contributed by atoms with Crippen LogP contribution < -0.4 is 10.5 Å². The summed E-state index contributed by atoms with van der Waals surface area (Å²) < 4.78 is 6.22. The normalized spacial score (nSPS) is 17.1. The molecular weight excluding hydrogens is 367 g/mol. The predicted molar refractivity (Wildman–Crippen MR) is 116 cm³/mol. The number of nitrogen functional groups attached to an aromatic ring is 1. The van der Waals surface area contributed by atoms with Gasteiger partial charge in [-0.2, -0.15) is 0 Å². The van der Waals surface area contributed by atoms with Crippen LogP contribution in [0.4, 0.5) is 5.69 Å². The first-order chi connectivity index (χ1) is 11.5. The van der Waals surface area contributed by atoms with Crippen molar-refractivity contribution in [1.82, 2.24) is 4.90 Å². The summed E-state index contributed by atoms with van der Waals surface area (Å²) in [5, 5.41) is 0. The van der Waals surface area contributed by atoms with Crippen molar-refractivity contribution < 1.29 is 4.74 Å². The lowest BCUT2D eigenvalue weighted by atomic mass is 9.98. The fourth-order valence-electron chi connectivity index (χ4n) is 3.67. The number of ether oxygens (including phenoxy) is 1. The molecule has 0 aliphatic carbocycles. The van der Waals surface area contributed by atoms with Gasteiger partial charge in [-0.1, -0.05) is 12.1 Å². The van der Waals surface area contributed by atoms with Crippen LogP contribution in [0.3, 0.4) is 0 Å². The summed E-state index contributed by atoms with van der Waals surface area (Å²) in [6.07, 6.45) is 2.54. The SMILES string of the molecule is Cc1cc(-c2cccc(N)c2)cc(C)c1OCC1CCCN(C)C1.Cl.Cl. The first kappa shape index (κ1) is 22.6. The van der Waals surface area contributed by atoms with Gasteiger partial charge in [0.15, 0.2) is 0 Å². The van der Waals surface area contributed by atoms with Crippen LogP contribution in [0.25, 0.3) is 11.1 Å². The van der Waals surface area contributed by atoms with Gasteiger partial charge in [0.05, 0.1) is 6.61 Å². The zero-order valence-corrected chi connectivity index (χ0v) is 17.5. The number of hydrogen-bond donors (Lipinski definition) is 1. The van der Waals surface area contributed by atoms with Crippen molar-refractivity contribution in [3.8, 4) is 16.9 Å². The second-order valence-corrected chi connectivity index (χ2v) is 7.15. The highest BCUT2D eigenvalue weighted by atomic mass is 35.5. The van der Waals surface area contributed by atoms with Crippen molar-refractivity contribution in [3.05, 3.63) is 47.5 Å². The molecule has 0 radical (unpaired) electrons. The van der Waals surface area contributed by atoms with Gasteiger partial charge in [0, 0.05) is 18.2 Å². The number of piperidine rings is 1. The van der Waals surface area contributed by atoms with Gasteiger partial charge in [-0.25, -0.2) is 0 Å². The summed E-state index contributed by atoms with van der Waals surface area (Å²) in [5.41, 5.74) is 11.4. The Labute approximate surface area is 169 Å². The number of rotatable bonds is 4. The van der Waals surface area contributed by atoms with Crippen molar-refractivity contribution in [2.45, 2.75) is 26.7 Å². The Morgan fingerprint density at radius 2 is 1.77 bits per heavy atom. The van der Waals surface area contributed by atoms with E-state index in [0.717, 1.165) is 30.2 Å². The molecule has 0 saturated carbocycles. The third-order valence-corrected chi connectivity index (χ3v) is 4.87. The highest BCUT2D eigenvalue weighted by molar-refractivity contribution is 5.85. The van der Waals surface area contributed by atoms with Crippen LogP contribution in [0.1, 0.15) is 24.0 Å². The van der Waals surface area contributed by atoms with Crippen molar-refractivity contribution in [2.75, 3.05) is 32.5 Å². The van der Waals surface area contributed by atoms with Gasteiger partial charge in [0.25, 0.3) is 0 Å². The molecule has 2 aromatic rings. The Kier molecular flexibility index (Phi) is 8.75. The molecule has 3 nitrogen and oxygen atoms in total. The zero-order chi connectivity index (χ0) is 17.1. The molecule has 5 heteroatoms. The highest BCUT2D eigenvalue weighted by Gasteiger charge is 2.18. The summed E-state index contributed by atoms with van der Waals surface area (Å²) in [6.45, 7) is 7.42. The monoisotopic (exact) mass is 396 g/mol. The Morgan fingerprint density at radius 1 is 1.08 bits per heavy atom. The Morgan fingerprint density at radius 3 is 2.38 bits per heavy atom. The smallest absolute Gasteiger partial charge is 0.125 e. The molecule has 3 rings (SSSR count). The third-order valence-electron chi connectivity index (χ3n) is 4.87. The second-order valence-electron chi connectivity index (χ2n) is 7.15. The first-order valence-electron chi connectivity index (χ1n) is 8.81. The molecule has 1 saturated heterocycles. The highest BCUT2D eigenvalue weighted by Crippen LogP contribution is 2.31. The minimum Gasteiger partial charge on any atom is -0.493 e. The standard InChI is InChI=1S/C21H28N2O.2ClH/c1-15-10-19(18-7-4-8-20(22)12-18)11-16(2)21(15)24-14-17-6-5-9-23(3)13-17;;/h4,7-8,10-12,17H,5-6,9,13-14,22H2,1-3H3;2*1H. The van der Waals surface area contributed by atoms with Gasteiger partial charge in [-0.15, -0.1) is 24.8 Å². The van der Waals surface area contributed by atoms with E-state index in [0.29, 0.717) is 5.92 Å². The molecule has 2 N–H and O–H groups in total. The number of benzene rings is 2. The Bertz CT molecular complexity index is 698. The van der Waals surface area contributed by atoms with E-state index in [1.807, 2.05) is 18.2 Å². The van der Waals surface area contributed by atoms with Gasteiger partial charge >= 0.3 is 0 Å². The average Bonchev–Trinajstić information content (AvgIpc) is 2.54. The van der Waals surface area contributed by atoms with Crippen molar-refractivity contribution >= 4 is 30.5 Å². The number of halogens is 2. The van der Waals surface area contributed by atoms with Gasteiger partial charge in [0.2, 0.25) is 0 Å². The topological polar surface area (TPSA) is 38.5 Å². The van der Waals surface area contributed by atoms with E-state index in [1.165, 1.54) is 36.1 Å². The molecule has 0 aromatic heterocycles. The summed E-state index contributed by atoms with van der Waals surface area (Å²) in [5.74, 6) is 1.67. The Hall–Kier alpha value is -1.42. The summed E-state index contributed by atoms with van der Waals surface area (Å²) in [6, 6.07) is 12.4. The predicted octanol–water partition coefficient (Wildman–Crippen LogP) is 5.12. The zero-order valence-electron chi connectivity index (χ0n) is 15.8. The van der Waals surface area contributed by atoms with Crippen LogP contribution in [0, 0.1) is 19.8 Å². The van der Waals surface area contributed by atoms with Gasteiger partial charge in [-0.05, 0) is 86.8 Å². The second kappa shape index (κ2) is 10.1. The first-order valence-corrected chi connectivity index (χ1v) is 8.81. The number of hydrogen-bond acceptors (Lipinski definition) is 3. The molecule has 2 aromatic carbocycles. The van der Waals surface area contributed by atoms with Crippen molar-refractivity contribution in [3.63, 3.8) is 0 Å². The third kappa shape index (κ3) is 5.54. The maximum atomic E-state index is 6.22. The quantitative estimate of drug-likeness (QED) is 0.728. The number of likely N-dealkylation sites (tertiary alicyclic amines) is 1. The fraction of sp³-hybridized carbons (Fsp3) is 0.429. The number of nitrogens with two attached hydrogens (primary N) is 1. The molecule has 0 amide bonds. The van der Waals surface area contributed by atoms with E-state index >= 15 is 0 Å². The van der Waals surface area contributed by atoms with Gasteiger partial charge in [0.1, 0.15) is 5.75 Å². The minimum atomic E-state index is 0. The summed E-state index contributed by atoms with van der Waals surface area (Å²) in [4.78, 5) is 2.40. The van der Waals surface area contributed by atoms with Crippen LogP contribution in [0.5, 0.6) is 5.75 Å². The molecule has 144 valence electrons. The average molecular weight is 397 g/mol. The molecule has 0 spiro atoms. The fourth-order valence-corrected chi connectivity index (χ4v) is 3.67. The van der Waals surface area contributed by atoms with E-state index < -0.39 is 0 Å². The van der Waals surface area contributed by atoms with Crippen LogP contribution in [0.2, 0.25) is 0 Å². The number of anilines is 1. The lowest BCUT2D eigenvalue weighted by molar-refractivity contribution is 0.149. The maximum Gasteiger partial charge on any atom is 0.125 e. The largest absolute Gasteiger partial charge is 0.493 e. The van der Waals surface area contributed by atoms with Crippen LogP contribution in [-0.4, -0.2) is 31.6 Å². The molecule has 1 aliphatic heterocycles. The maximum absolute atomic E-state index is 6.22. The molecule has 1 atom stereocenters. The summed E-state index contributed by atoms with van der Waals surface area (Å²) in [7, 11) is 2.20. The van der Waals surface area contributed by atoms with E-state index in [1.54, 1.807) is 0 Å².